The molecule has 3 rings (SSSR count). The van der Waals surface area contributed by atoms with Crippen LogP contribution < -0.4 is 10.6 Å². The topological polar surface area (TPSA) is 82.0 Å². The first-order chi connectivity index (χ1) is 13.5. The summed E-state index contributed by atoms with van der Waals surface area (Å²) < 4.78 is 0. The van der Waals surface area contributed by atoms with Crippen LogP contribution in [-0.2, 0) is 9.59 Å². The van der Waals surface area contributed by atoms with Gasteiger partial charge in [-0.25, -0.2) is 0 Å². The van der Waals surface area contributed by atoms with Gasteiger partial charge in [0.05, 0.1) is 11.6 Å². The van der Waals surface area contributed by atoms with Crippen molar-refractivity contribution in [2.75, 3.05) is 10.6 Å². The van der Waals surface area contributed by atoms with Gasteiger partial charge in [0.1, 0.15) is 0 Å². The van der Waals surface area contributed by atoms with Crippen LogP contribution in [0.5, 0.6) is 0 Å². The van der Waals surface area contributed by atoms with E-state index in [1.54, 1.807) is 30.3 Å². The Morgan fingerprint density at radius 1 is 1.00 bits per heavy atom. The van der Waals surface area contributed by atoms with E-state index in [1.807, 2.05) is 19.1 Å². The quantitative estimate of drug-likeness (QED) is 0.772. The van der Waals surface area contributed by atoms with Gasteiger partial charge in [-0.15, -0.1) is 0 Å². The molecule has 5 nitrogen and oxygen atoms in total. The molecule has 0 aromatic heterocycles. The molecular weight excluding hydrogens is 374 g/mol. The van der Waals surface area contributed by atoms with E-state index >= 15 is 0 Å². The van der Waals surface area contributed by atoms with Crippen LogP contribution >= 0.6 is 11.6 Å². The van der Waals surface area contributed by atoms with Gasteiger partial charge < -0.3 is 10.6 Å². The second-order valence-electron chi connectivity index (χ2n) is 7.18. The van der Waals surface area contributed by atoms with Gasteiger partial charge in [0.2, 0.25) is 11.8 Å². The molecule has 2 N–H and O–H groups in total. The van der Waals surface area contributed by atoms with Crippen LogP contribution in [0.4, 0.5) is 11.4 Å². The number of aryl methyl sites for hydroxylation is 1. The Balaban J connectivity index is 1.52. The SMILES string of the molecule is Cc1cc(Cl)ccc1NC(=O)C1CCC(C(=O)Nc2cccc(C#N)c2)CC1. The largest absolute Gasteiger partial charge is 0.326 e. The van der Waals surface area contributed by atoms with E-state index in [2.05, 4.69) is 16.7 Å². The lowest BCUT2D eigenvalue weighted by atomic mass is 9.81. The maximum absolute atomic E-state index is 12.6. The third-order valence-corrected chi connectivity index (χ3v) is 5.41. The number of carbonyl (C=O) groups excluding carboxylic acids is 2. The number of halogens is 1. The fraction of sp³-hybridized carbons (Fsp3) is 0.318. The third-order valence-electron chi connectivity index (χ3n) is 5.17. The number of hydrogen-bond acceptors (Lipinski definition) is 3. The molecule has 1 aliphatic carbocycles. The molecule has 0 unspecified atom stereocenters. The lowest BCUT2D eigenvalue weighted by molar-refractivity contribution is -0.125. The van der Waals surface area contributed by atoms with Crippen LogP contribution in [-0.4, -0.2) is 11.8 Å². The smallest absolute Gasteiger partial charge is 0.227 e. The van der Waals surface area contributed by atoms with Gasteiger partial charge in [-0.2, -0.15) is 5.26 Å². The summed E-state index contributed by atoms with van der Waals surface area (Å²) in [6, 6.07) is 14.3. The van der Waals surface area contributed by atoms with Crippen LogP contribution in [0, 0.1) is 30.1 Å². The molecule has 0 radical (unpaired) electrons. The van der Waals surface area contributed by atoms with Gasteiger partial charge in [-0.1, -0.05) is 17.7 Å². The van der Waals surface area contributed by atoms with Crippen molar-refractivity contribution in [2.24, 2.45) is 11.8 Å². The maximum atomic E-state index is 12.6. The predicted octanol–water partition coefficient (Wildman–Crippen LogP) is 4.90. The van der Waals surface area contributed by atoms with E-state index in [9.17, 15) is 9.59 Å². The minimum Gasteiger partial charge on any atom is -0.326 e. The van der Waals surface area contributed by atoms with E-state index in [1.165, 1.54) is 0 Å². The van der Waals surface area contributed by atoms with Crippen molar-refractivity contribution < 1.29 is 9.59 Å². The summed E-state index contributed by atoms with van der Waals surface area (Å²) in [6.07, 6.45) is 2.69. The Hall–Kier alpha value is -2.84. The number of hydrogen-bond donors (Lipinski definition) is 2. The van der Waals surface area contributed by atoms with E-state index in [0.717, 1.165) is 11.3 Å². The summed E-state index contributed by atoms with van der Waals surface area (Å²) in [5, 5.41) is 15.5. The fourth-order valence-corrected chi connectivity index (χ4v) is 3.76. The molecule has 1 aliphatic rings. The van der Waals surface area contributed by atoms with Crippen LogP contribution in [0.15, 0.2) is 42.5 Å². The van der Waals surface area contributed by atoms with E-state index in [-0.39, 0.29) is 23.7 Å². The van der Waals surface area contributed by atoms with E-state index in [0.29, 0.717) is 42.0 Å². The summed E-state index contributed by atoms with van der Waals surface area (Å²) in [5.41, 5.74) is 2.83. The van der Waals surface area contributed by atoms with Gasteiger partial charge in [-0.3, -0.25) is 9.59 Å². The number of rotatable bonds is 4. The average Bonchev–Trinajstić information content (AvgIpc) is 2.70. The first kappa shape index (κ1) is 19.9. The highest BCUT2D eigenvalue weighted by Crippen LogP contribution is 2.31. The third kappa shape index (κ3) is 4.90. The number of amides is 2. The minimum atomic E-state index is -0.118. The molecule has 28 heavy (non-hydrogen) atoms. The van der Waals surface area contributed by atoms with Gasteiger partial charge in [0, 0.05) is 28.2 Å². The number of anilines is 2. The molecule has 1 fully saturated rings. The van der Waals surface area contributed by atoms with Gasteiger partial charge >= 0.3 is 0 Å². The summed E-state index contributed by atoms with van der Waals surface area (Å²) in [7, 11) is 0. The molecule has 2 aromatic rings. The lowest BCUT2D eigenvalue weighted by Gasteiger charge is -2.27. The Morgan fingerprint density at radius 2 is 1.64 bits per heavy atom. The molecule has 0 spiro atoms. The molecule has 2 aromatic carbocycles. The zero-order valence-electron chi connectivity index (χ0n) is 15.7. The first-order valence-electron chi connectivity index (χ1n) is 9.34. The van der Waals surface area contributed by atoms with Crippen LogP contribution in [0.3, 0.4) is 0 Å². The van der Waals surface area contributed by atoms with Crippen molar-refractivity contribution in [1.29, 1.82) is 5.26 Å². The zero-order chi connectivity index (χ0) is 20.1. The Kier molecular flexibility index (Phi) is 6.33. The average molecular weight is 396 g/mol. The molecule has 144 valence electrons. The van der Waals surface area contributed by atoms with Crippen molar-refractivity contribution in [3.63, 3.8) is 0 Å². The van der Waals surface area contributed by atoms with Gasteiger partial charge in [0.25, 0.3) is 0 Å². The van der Waals surface area contributed by atoms with E-state index in [4.69, 9.17) is 16.9 Å². The van der Waals surface area contributed by atoms with Crippen LogP contribution in [0.1, 0.15) is 36.8 Å². The van der Waals surface area contributed by atoms with E-state index < -0.39 is 0 Å². The monoisotopic (exact) mass is 395 g/mol. The number of nitrogens with one attached hydrogen (secondary N) is 2. The zero-order valence-corrected chi connectivity index (χ0v) is 16.4. The highest BCUT2D eigenvalue weighted by atomic mass is 35.5. The molecule has 2 amide bonds. The Morgan fingerprint density at radius 3 is 2.25 bits per heavy atom. The molecule has 0 heterocycles. The minimum absolute atomic E-state index is 0.00833. The molecule has 1 saturated carbocycles. The molecule has 6 heteroatoms. The Bertz CT molecular complexity index is 928. The summed E-state index contributed by atoms with van der Waals surface area (Å²) >= 11 is 5.96. The Labute approximate surface area is 169 Å². The fourth-order valence-electron chi connectivity index (χ4n) is 3.53. The standard InChI is InChI=1S/C22H22ClN3O2/c1-14-11-18(23)9-10-20(14)26-22(28)17-7-5-16(6-8-17)21(27)25-19-4-2-3-15(12-19)13-24/h2-4,9-12,16-17H,5-8H2,1H3,(H,25,27)(H,26,28). The predicted molar refractivity (Wildman–Crippen MR) is 110 cm³/mol. The lowest BCUT2D eigenvalue weighted by Crippen LogP contribution is -2.32. The normalized spacial score (nSPS) is 18.8. The maximum Gasteiger partial charge on any atom is 0.227 e. The van der Waals surface area contributed by atoms with Gasteiger partial charge in [0.15, 0.2) is 0 Å². The highest BCUT2D eigenvalue weighted by Gasteiger charge is 2.30. The number of carbonyl (C=O) groups is 2. The summed E-state index contributed by atoms with van der Waals surface area (Å²) in [5.74, 6) is -0.276. The number of benzene rings is 2. The molecule has 0 bridgehead atoms. The molecule has 0 saturated heterocycles. The second-order valence-corrected chi connectivity index (χ2v) is 7.62. The number of nitriles is 1. The van der Waals surface area contributed by atoms with Crippen molar-refractivity contribution in [3.8, 4) is 6.07 Å². The second kappa shape index (κ2) is 8.90. The highest BCUT2D eigenvalue weighted by molar-refractivity contribution is 6.30. The molecule has 0 aliphatic heterocycles. The van der Waals surface area contributed by atoms with Gasteiger partial charge in [-0.05, 0) is 74.6 Å². The first-order valence-corrected chi connectivity index (χ1v) is 9.72. The van der Waals surface area contributed by atoms with Crippen molar-refractivity contribution in [1.82, 2.24) is 0 Å². The molecule has 0 atom stereocenters. The summed E-state index contributed by atoms with van der Waals surface area (Å²) in [6.45, 7) is 1.91. The number of nitrogens with zero attached hydrogens (tertiary/aromatic N) is 1. The van der Waals surface area contributed by atoms with Crippen molar-refractivity contribution >= 4 is 34.8 Å². The van der Waals surface area contributed by atoms with Crippen molar-refractivity contribution in [3.05, 3.63) is 58.6 Å². The van der Waals surface area contributed by atoms with Crippen LogP contribution in [0.2, 0.25) is 5.02 Å². The molecular formula is C22H22ClN3O2. The van der Waals surface area contributed by atoms with Crippen molar-refractivity contribution in [2.45, 2.75) is 32.6 Å². The van der Waals surface area contributed by atoms with Crippen LogP contribution in [0.25, 0.3) is 0 Å². The summed E-state index contributed by atoms with van der Waals surface area (Å²) in [4.78, 5) is 25.1.